The first-order valence-electron chi connectivity index (χ1n) is 5.83. The Balaban J connectivity index is 1.86. The molecule has 1 aliphatic rings. The molecule has 0 spiro atoms. The van der Waals surface area contributed by atoms with Gasteiger partial charge in [0.25, 0.3) is 0 Å². The maximum absolute atomic E-state index is 10.3. The van der Waals surface area contributed by atoms with Crippen molar-refractivity contribution < 1.29 is 9.21 Å². The highest BCUT2D eigenvalue weighted by molar-refractivity contribution is 5.52. The molecule has 16 heavy (non-hydrogen) atoms. The fraction of sp³-hybridized carbons (Fsp3) is 0.667. The molecule has 1 aromatic rings. The molecule has 0 N–H and O–H groups in total. The second-order valence-electron chi connectivity index (χ2n) is 4.54. The number of carbonyl (C=O) groups excluding carboxylic acids is 1. The standard InChI is InChI=1S/C12H18N2O2/c1-14-5-2-10(3-6-14)8-12-13-9-11(16-12)4-7-15/h7,9-10H,2-6,8H2,1H3. The first-order valence-corrected chi connectivity index (χ1v) is 5.83. The molecule has 0 bridgehead atoms. The normalized spacial score (nSPS) is 18.8. The van der Waals surface area contributed by atoms with Gasteiger partial charge in [0, 0.05) is 6.42 Å². The van der Waals surface area contributed by atoms with Crippen molar-refractivity contribution >= 4 is 6.29 Å². The first kappa shape index (κ1) is 11.3. The van der Waals surface area contributed by atoms with E-state index >= 15 is 0 Å². The van der Waals surface area contributed by atoms with E-state index in [0.717, 1.165) is 31.7 Å². The van der Waals surface area contributed by atoms with Gasteiger partial charge in [-0.2, -0.15) is 0 Å². The Labute approximate surface area is 95.6 Å². The third-order valence-electron chi connectivity index (χ3n) is 3.19. The number of nitrogens with zero attached hydrogens (tertiary/aromatic N) is 2. The van der Waals surface area contributed by atoms with E-state index in [4.69, 9.17) is 4.42 Å². The third kappa shape index (κ3) is 2.92. The van der Waals surface area contributed by atoms with Crippen molar-refractivity contribution in [2.45, 2.75) is 25.7 Å². The number of hydrogen-bond acceptors (Lipinski definition) is 4. The van der Waals surface area contributed by atoms with E-state index < -0.39 is 0 Å². The zero-order valence-electron chi connectivity index (χ0n) is 9.69. The summed E-state index contributed by atoms with van der Waals surface area (Å²) in [4.78, 5) is 16.9. The van der Waals surface area contributed by atoms with Gasteiger partial charge in [0.05, 0.1) is 12.6 Å². The summed E-state index contributed by atoms with van der Waals surface area (Å²) in [6.45, 7) is 2.32. The SMILES string of the molecule is CN1CCC(Cc2ncc(CC=O)o2)CC1. The molecule has 0 radical (unpaired) electrons. The van der Waals surface area contributed by atoms with Gasteiger partial charge in [-0.05, 0) is 38.9 Å². The molecule has 0 amide bonds. The van der Waals surface area contributed by atoms with Gasteiger partial charge in [0.2, 0.25) is 0 Å². The summed E-state index contributed by atoms with van der Waals surface area (Å²) in [6, 6.07) is 0. The summed E-state index contributed by atoms with van der Waals surface area (Å²) in [6.07, 6.45) is 6.18. The van der Waals surface area contributed by atoms with E-state index in [1.807, 2.05) is 0 Å². The van der Waals surface area contributed by atoms with Gasteiger partial charge in [-0.1, -0.05) is 0 Å². The Hall–Kier alpha value is -1.16. The van der Waals surface area contributed by atoms with Crippen LogP contribution in [0.1, 0.15) is 24.5 Å². The molecular formula is C12H18N2O2. The zero-order chi connectivity index (χ0) is 11.4. The first-order chi connectivity index (χ1) is 7.78. The maximum Gasteiger partial charge on any atom is 0.194 e. The molecule has 1 aliphatic heterocycles. The van der Waals surface area contributed by atoms with Crippen molar-refractivity contribution in [2.75, 3.05) is 20.1 Å². The lowest BCUT2D eigenvalue weighted by molar-refractivity contribution is -0.107. The van der Waals surface area contributed by atoms with Crippen molar-refractivity contribution in [3.63, 3.8) is 0 Å². The van der Waals surface area contributed by atoms with Crippen LogP contribution in [0.2, 0.25) is 0 Å². The monoisotopic (exact) mass is 222 g/mol. The van der Waals surface area contributed by atoms with E-state index in [9.17, 15) is 4.79 Å². The minimum Gasteiger partial charge on any atom is -0.445 e. The number of aromatic nitrogens is 1. The topological polar surface area (TPSA) is 46.3 Å². The molecule has 0 unspecified atom stereocenters. The number of hydrogen-bond donors (Lipinski definition) is 0. The van der Waals surface area contributed by atoms with E-state index in [1.165, 1.54) is 12.8 Å². The molecule has 0 atom stereocenters. The van der Waals surface area contributed by atoms with E-state index in [1.54, 1.807) is 6.20 Å². The molecule has 88 valence electrons. The Morgan fingerprint density at radius 1 is 1.56 bits per heavy atom. The van der Waals surface area contributed by atoms with Crippen molar-refractivity contribution in [3.8, 4) is 0 Å². The molecule has 1 fully saturated rings. The Bertz CT molecular complexity index is 341. The summed E-state index contributed by atoms with van der Waals surface area (Å²) >= 11 is 0. The zero-order valence-corrected chi connectivity index (χ0v) is 9.69. The molecule has 2 rings (SSSR count). The van der Waals surface area contributed by atoms with Crippen LogP contribution < -0.4 is 0 Å². The molecule has 0 aromatic carbocycles. The van der Waals surface area contributed by atoms with Gasteiger partial charge in [-0.15, -0.1) is 0 Å². The molecule has 4 nitrogen and oxygen atoms in total. The van der Waals surface area contributed by atoms with Crippen molar-refractivity contribution in [1.29, 1.82) is 0 Å². The fourth-order valence-electron chi connectivity index (χ4n) is 2.13. The molecule has 4 heteroatoms. The molecular weight excluding hydrogens is 204 g/mol. The number of rotatable bonds is 4. The summed E-state index contributed by atoms with van der Waals surface area (Å²) in [5.41, 5.74) is 0. The van der Waals surface area contributed by atoms with Crippen LogP contribution in [0.4, 0.5) is 0 Å². The fourth-order valence-corrected chi connectivity index (χ4v) is 2.13. The number of oxazole rings is 1. The highest BCUT2D eigenvalue weighted by Gasteiger charge is 2.18. The second kappa shape index (κ2) is 5.25. The Morgan fingerprint density at radius 2 is 2.31 bits per heavy atom. The highest BCUT2D eigenvalue weighted by Crippen LogP contribution is 2.20. The lowest BCUT2D eigenvalue weighted by Gasteiger charge is -2.28. The van der Waals surface area contributed by atoms with Gasteiger partial charge in [-0.25, -0.2) is 4.98 Å². The van der Waals surface area contributed by atoms with Gasteiger partial charge in [0.15, 0.2) is 5.89 Å². The van der Waals surface area contributed by atoms with Crippen molar-refractivity contribution in [2.24, 2.45) is 5.92 Å². The predicted molar refractivity (Wildman–Crippen MR) is 60.2 cm³/mol. The van der Waals surface area contributed by atoms with Crippen LogP contribution in [0.15, 0.2) is 10.6 Å². The quantitative estimate of drug-likeness (QED) is 0.720. The minimum absolute atomic E-state index is 0.334. The lowest BCUT2D eigenvalue weighted by atomic mass is 9.94. The average Bonchev–Trinajstić information content (AvgIpc) is 2.70. The van der Waals surface area contributed by atoms with E-state index in [2.05, 4.69) is 16.9 Å². The lowest BCUT2D eigenvalue weighted by Crippen LogP contribution is -2.30. The number of aldehydes is 1. The highest BCUT2D eigenvalue weighted by atomic mass is 16.4. The number of likely N-dealkylation sites (tertiary alicyclic amines) is 1. The van der Waals surface area contributed by atoms with Crippen molar-refractivity contribution in [1.82, 2.24) is 9.88 Å². The summed E-state index contributed by atoms with van der Waals surface area (Å²) in [5.74, 6) is 2.14. The summed E-state index contributed by atoms with van der Waals surface area (Å²) < 4.78 is 5.50. The largest absolute Gasteiger partial charge is 0.445 e. The Kier molecular flexibility index (Phi) is 3.72. The number of piperidine rings is 1. The number of carbonyl (C=O) groups is 1. The van der Waals surface area contributed by atoms with Gasteiger partial charge in [0.1, 0.15) is 12.0 Å². The molecule has 1 aromatic heterocycles. The van der Waals surface area contributed by atoms with E-state index in [-0.39, 0.29) is 0 Å². The summed E-state index contributed by atoms with van der Waals surface area (Å²) in [7, 11) is 2.16. The third-order valence-corrected chi connectivity index (χ3v) is 3.19. The van der Waals surface area contributed by atoms with Gasteiger partial charge < -0.3 is 14.1 Å². The van der Waals surface area contributed by atoms with E-state index in [0.29, 0.717) is 18.1 Å². The van der Waals surface area contributed by atoms with Crippen LogP contribution >= 0.6 is 0 Å². The van der Waals surface area contributed by atoms with Crippen LogP contribution in [0.25, 0.3) is 0 Å². The van der Waals surface area contributed by atoms with Crippen LogP contribution in [0.3, 0.4) is 0 Å². The van der Waals surface area contributed by atoms with Gasteiger partial charge >= 0.3 is 0 Å². The van der Waals surface area contributed by atoms with Crippen LogP contribution in [-0.2, 0) is 17.6 Å². The van der Waals surface area contributed by atoms with Crippen LogP contribution in [-0.4, -0.2) is 36.3 Å². The van der Waals surface area contributed by atoms with Crippen LogP contribution in [0.5, 0.6) is 0 Å². The molecule has 0 saturated carbocycles. The minimum atomic E-state index is 0.334. The van der Waals surface area contributed by atoms with Crippen LogP contribution in [0, 0.1) is 5.92 Å². The molecule has 2 heterocycles. The van der Waals surface area contributed by atoms with Crippen molar-refractivity contribution in [3.05, 3.63) is 17.8 Å². The predicted octanol–water partition coefficient (Wildman–Crippen LogP) is 1.30. The Morgan fingerprint density at radius 3 is 3.00 bits per heavy atom. The summed E-state index contributed by atoms with van der Waals surface area (Å²) in [5, 5.41) is 0. The average molecular weight is 222 g/mol. The smallest absolute Gasteiger partial charge is 0.194 e. The second-order valence-corrected chi connectivity index (χ2v) is 4.54. The maximum atomic E-state index is 10.3. The molecule has 0 aliphatic carbocycles. The van der Waals surface area contributed by atoms with Gasteiger partial charge in [-0.3, -0.25) is 0 Å². The molecule has 1 saturated heterocycles.